The van der Waals surface area contributed by atoms with E-state index in [4.69, 9.17) is 0 Å². The van der Waals surface area contributed by atoms with Crippen molar-refractivity contribution >= 4 is 0 Å². The molecule has 0 saturated carbocycles. The van der Waals surface area contributed by atoms with Crippen molar-refractivity contribution in [2.75, 3.05) is 0 Å². The lowest BCUT2D eigenvalue weighted by atomic mass is 9.76. The van der Waals surface area contributed by atoms with Gasteiger partial charge in [0.2, 0.25) is 0 Å². The third-order valence-electron chi connectivity index (χ3n) is 8.88. The molecule has 1 heteroatoms. The van der Waals surface area contributed by atoms with Crippen LogP contribution in [0.3, 0.4) is 0 Å². The molecule has 214 valence electrons. The molecule has 0 heterocycles. The predicted molar refractivity (Wildman–Crippen MR) is 177 cm³/mol. The summed E-state index contributed by atoms with van der Waals surface area (Å²) in [5, 5.41) is 12.4. The normalized spacial score (nSPS) is 12.9. The van der Waals surface area contributed by atoms with Crippen LogP contribution in [0.15, 0.2) is 133 Å². The number of hydrogen-bond acceptors (Lipinski definition) is 1. The maximum atomic E-state index is 12.4. The van der Waals surface area contributed by atoms with E-state index < -0.39 is 0 Å². The first-order valence-electron chi connectivity index (χ1n) is 15.7. The van der Waals surface area contributed by atoms with Gasteiger partial charge < -0.3 is 5.11 Å². The molecule has 5 aromatic rings. The monoisotopic (exact) mass is 552 g/mol. The second-order valence-electron chi connectivity index (χ2n) is 11.8. The standard InChI is InChI=1S/C41H44O/c1-4-18-31(5-2)27-30(3)36-28-37(39(32-19-10-6-11-20-32)33-21-12-7-13-22-33)41(42)38(29-36)40(34-23-14-8-15-24-34)35-25-16-9-17-26-35/h6-17,19-26,28-31,39-40,42H,4-5,18,27H2,1-3H3. The average molecular weight is 553 g/mol. The van der Waals surface area contributed by atoms with Crippen LogP contribution in [-0.2, 0) is 0 Å². The Kier molecular flexibility index (Phi) is 9.93. The van der Waals surface area contributed by atoms with E-state index in [-0.39, 0.29) is 11.8 Å². The lowest BCUT2D eigenvalue weighted by Crippen LogP contribution is -2.11. The van der Waals surface area contributed by atoms with E-state index in [0.29, 0.717) is 17.6 Å². The zero-order chi connectivity index (χ0) is 29.3. The van der Waals surface area contributed by atoms with E-state index in [1.54, 1.807) is 0 Å². The Bertz CT molecular complexity index is 1330. The van der Waals surface area contributed by atoms with Crippen molar-refractivity contribution in [1.82, 2.24) is 0 Å². The highest BCUT2D eigenvalue weighted by Crippen LogP contribution is 2.46. The molecule has 42 heavy (non-hydrogen) atoms. The van der Waals surface area contributed by atoms with Crippen LogP contribution in [0.5, 0.6) is 5.75 Å². The largest absolute Gasteiger partial charge is 0.507 e. The molecule has 0 radical (unpaired) electrons. The van der Waals surface area contributed by atoms with Gasteiger partial charge in [-0.15, -0.1) is 0 Å². The summed E-state index contributed by atoms with van der Waals surface area (Å²) in [5.41, 5.74) is 8.00. The Morgan fingerprint density at radius 1 is 0.524 bits per heavy atom. The Labute approximate surface area is 252 Å². The van der Waals surface area contributed by atoms with Crippen LogP contribution in [0.2, 0.25) is 0 Å². The molecule has 5 aromatic carbocycles. The quantitative estimate of drug-likeness (QED) is 0.153. The Hall–Kier alpha value is -4.10. The van der Waals surface area contributed by atoms with Crippen molar-refractivity contribution in [3.05, 3.63) is 172 Å². The summed E-state index contributed by atoms with van der Waals surface area (Å²) >= 11 is 0. The first-order valence-corrected chi connectivity index (χ1v) is 15.7. The Balaban J connectivity index is 1.76. The van der Waals surface area contributed by atoms with Crippen LogP contribution < -0.4 is 0 Å². The maximum Gasteiger partial charge on any atom is 0.123 e. The van der Waals surface area contributed by atoms with Gasteiger partial charge in [-0.05, 0) is 46.1 Å². The molecule has 1 N–H and O–H groups in total. The highest BCUT2D eigenvalue weighted by atomic mass is 16.3. The van der Waals surface area contributed by atoms with E-state index in [9.17, 15) is 5.11 Å². The van der Waals surface area contributed by atoms with E-state index in [1.165, 1.54) is 47.1 Å². The lowest BCUT2D eigenvalue weighted by Gasteiger charge is -2.28. The van der Waals surface area contributed by atoms with Gasteiger partial charge in [-0.25, -0.2) is 0 Å². The van der Waals surface area contributed by atoms with Crippen LogP contribution in [0, 0.1) is 5.92 Å². The molecule has 0 amide bonds. The number of aromatic hydroxyl groups is 1. The lowest BCUT2D eigenvalue weighted by molar-refractivity contribution is 0.402. The molecule has 0 fully saturated rings. The molecule has 0 bridgehead atoms. The molecule has 0 spiro atoms. The second kappa shape index (κ2) is 14.2. The van der Waals surface area contributed by atoms with Gasteiger partial charge in [-0.2, -0.15) is 0 Å². The zero-order valence-electron chi connectivity index (χ0n) is 25.3. The second-order valence-corrected chi connectivity index (χ2v) is 11.8. The van der Waals surface area contributed by atoms with Crippen LogP contribution in [0.25, 0.3) is 0 Å². The molecular formula is C41H44O. The molecule has 0 saturated heterocycles. The van der Waals surface area contributed by atoms with Crippen molar-refractivity contribution in [3.63, 3.8) is 0 Å². The predicted octanol–water partition coefficient (Wildman–Crippen LogP) is 11.1. The molecule has 0 aromatic heterocycles. The van der Waals surface area contributed by atoms with E-state index in [1.807, 2.05) is 0 Å². The highest BCUT2D eigenvalue weighted by molar-refractivity contribution is 5.58. The van der Waals surface area contributed by atoms with E-state index >= 15 is 0 Å². The van der Waals surface area contributed by atoms with Gasteiger partial charge >= 0.3 is 0 Å². The fourth-order valence-corrected chi connectivity index (χ4v) is 6.65. The minimum atomic E-state index is -0.0805. The summed E-state index contributed by atoms with van der Waals surface area (Å²) in [7, 11) is 0. The molecule has 1 nitrogen and oxygen atoms in total. The third-order valence-corrected chi connectivity index (χ3v) is 8.88. The van der Waals surface area contributed by atoms with Gasteiger partial charge in [-0.1, -0.05) is 173 Å². The van der Waals surface area contributed by atoms with Gasteiger partial charge in [0.05, 0.1) is 0 Å². The van der Waals surface area contributed by atoms with Gasteiger partial charge in [0, 0.05) is 23.0 Å². The smallest absolute Gasteiger partial charge is 0.123 e. The van der Waals surface area contributed by atoms with Crippen LogP contribution in [0.4, 0.5) is 0 Å². The summed E-state index contributed by atoms with van der Waals surface area (Å²) in [6.45, 7) is 6.99. The van der Waals surface area contributed by atoms with Crippen LogP contribution in [0.1, 0.15) is 103 Å². The molecule has 0 aliphatic rings. The molecule has 0 aliphatic heterocycles. The van der Waals surface area contributed by atoms with Crippen molar-refractivity contribution in [2.24, 2.45) is 5.92 Å². The van der Waals surface area contributed by atoms with E-state index in [0.717, 1.165) is 17.5 Å². The third kappa shape index (κ3) is 6.68. The van der Waals surface area contributed by atoms with E-state index in [2.05, 4.69) is 154 Å². The number of hydrogen-bond donors (Lipinski definition) is 1. The summed E-state index contributed by atoms with van der Waals surface area (Å²) in [4.78, 5) is 0. The van der Waals surface area contributed by atoms with Crippen molar-refractivity contribution in [3.8, 4) is 5.75 Å². The van der Waals surface area contributed by atoms with Gasteiger partial charge in [-0.3, -0.25) is 0 Å². The summed E-state index contributed by atoms with van der Waals surface area (Å²) < 4.78 is 0. The summed E-state index contributed by atoms with van der Waals surface area (Å²) in [6.07, 6.45) is 4.82. The van der Waals surface area contributed by atoms with Crippen LogP contribution in [-0.4, -0.2) is 5.11 Å². The molecule has 5 rings (SSSR count). The number of phenols is 1. The minimum Gasteiger partial charge on any atom is -0.507 e. The van der Waals surface area contributed by atoms with Crippen molar-refractivity contribution in [1.29, 1.82) is 0 Å². The average Bonchev–Trinajstić information content (AvgIpc) is 3.04. The number of benzene rings is 5. The summed E-state index contributed by atoms with van der Waals surface area (Å²) in [6, 6.07) is 47.2. The van der Waals surface area contributed by atoms with Crippen molar-refractivity contribution < 1.29 is 5.11 Å². The summed E-state index contributed by atoms with van der Waals surface area (Å²) in [5.74, 6) is 1.30. The Morgan fingerprint density at radius 2 is 0.881 bits per heavy atom. The maximum absolute atomic E-state index is 12.4. The molecular weight excluding hydrogens is 508 g/mol. The fourth-order valence-electron chi connectivity index (χ4n) is 6.65. The minimum absolute atomic E-state index is 0.0805. The number of rotatable bonds is 12. The van der Waals surface area contributed by atoms with Gasteiger partial charge in [0.25, 0.3) is 0 Å². The first kappa shape index (κ1) is 29.4. The molecule has 2 unspecified atom stereocenters. The molecule has 2 atom stereocenters. The Morgan fingerprint density at radius 3 is 1.19 bits per heavy atom. The highest BCUT2D eigenvalue weighted by Gasteiger charge is 2.28. The number of phenolic OH excluding ortho intramolecular Hbond substituents is 1. The fraction of sp³-hybridized carbons (Fsp3) is 0.268. The van der Waals surface area contributed by atoms with Crippen molar-refractivity contribution in [2.45, 2.75) is 64.2 Å². The van der Waals surface area contributed by atoms with Gasteiger partial charge in [0.1, 0.15) is 5.75 Å². The first-order chi connectivity index (χ1) is 20.6. The van der Waals surface area contributed by atoms with Crippen LogP contribution >= 0.6 is 0 Å². The SMILES string of the molecule is CCCC(CC)CC(C)c1cc(C(c2ccccc2)c2ccccc2)c(O)c(C(c2ccccc2)c2ccccc2)c1. The zero-order valence-corrected chi connectivity index (χ0v) is 25.3. The van der Waals surface area contributed by atoms with Gasteiger partial charge in [0.15, 0.2) is 0 Å². The topological polar surface area (TPSA) is 20.2 Å². The molecule has 0 aliphatic carbocycles.